The second-order valence-corrected chi connectivity index (χ2v) is 17.7. The number of hydrogen-bond donors (Lipinski definition) is 4. The lowest BCUT2D eigenvalue weighted by Crippen LogP contribution is -2.59. The zero-order valence-electron chi connectivity index (χ0n) is 30.4. The molecule has 2 aliphatic heterocycles. The predicted octanol–water partition coefficient (Wildman–Crippen LogP) is 3.73. The van der Waals surface area contributed by atoms with Crippen LogP contribution in [0.2, 0.25) is 0 Å². The minimum atomic E-state index is -3.77. The number of nitrogens with one attached hydrogen (secondary N) is 4. The number of fused-ring (bicyclic) bond motifs is 1. The summed E-state index contributed by atoms with van der Waals surface area (Å²) >= 11 is 1.12. The monoisotopic (exact) mass is 748 g/mol. The van der Waals surface area contributed by atoms with Crippen molar-refractivity contribution in [2.24, 2.45) is 11.3 Å². The molecule has 1 unspecified atom stereocenters. The van der Waals surface area contributed by atoms with Gasteiger partial charge in [0.1, 0.15) is 16.3 Å². The molecule has 1 aromatic heterocycles. The molecule has 51 heavy (non-hydrogen) atoms. The zero-order valence-corrected chi connectivity index (χ0v) is 32.1. The van der Waals surface area contributed by atoms with Crippen LogP contribution >= 0.6 is 11.3 Å². The number of sulfonamides is 1. The molecule has 0 bridgehead atoms. The van der Waals surface area contributed by atoms with Gasteiger partial charge >= 0.3 is 6.03 Å². The van der Waals surface area contributed by atoms with Crippen LogP contribution in [-0.2, 0) is 29.2 Å². The minimum Gasteiger partial charge on any atom is -0.346 e. The number of amides is 5. The molecule has 3 heterocycles. The third-order valence-corrected chi connectivity index (χ3v) is 12.8. The molecule has 0 aliphatic carbocycles. The molecule has 4 N–H and O–H groups in total. The van der Waals surface area contributed by atoms with Gasteiger partial charge < -0.3 is 26.2 Å². The van der Waals surface area contributed by atoms with Crippen molar-refractivity contribution in [3.05, 3.63) is 42.8 Å². The maximum atomic E-state index is 14.3. The van der Waals surface area contributed by atoms with Gasteiger partial charge in [-0.2, -0.15) is 4.31 Å². The van der Waals surface area contributed by atoms with Crippen LogP contribution in [0.5, 0.6) is 0 Å². The van der Waals surface area contributed by atoms with Crippen molar-refractivity contribution in [3.63, 3.8) is 0 Å². The first-order valence-corrected chi connectivity index (χ1v) is 20.2. The van der Waals surface area contributed by atoms with E-state index < -0.39 is 75.1 Å². The van der Waals surface area contributed by atoms with Crippen LogP contribution in [0.4, 0.5) is 4.79 Å². The summed E-state index contributed by atoms with van der Waals surface area (Å²) in [5.74, 6) is -2.96. The highest BCUT2D eigenvalue weighted by atomic mass is 32.2. The largest absolute Gasteiger partial charge is 0.346 e. The summed E-state index contributed by atoms with van der Waals surface area (Å²) in [5.41, 5.74) is -0.549. The van der Waals surface area contributed by atoms with Crippen molar-refractivity contribution >= 4 is 50.9 Å². The number of nitrogens with zero attached hydrogens (tertiary/aromatic N) is 2. The van der Waals surface area contributed by atoms with E-state index >= 15 is 0 Å². The molecule has 0 spiro atoms. The van der Waals surface area contributed by atoms with Gasteiger partial charge in [0.05, 0.1) is 6.04 Å². The maximum absolute atomic E-state index is 14.3. The topological polar surface area (TPSA) is 174 Å². The van der Waals surface area contributed by atoms with E-state index in [1.807, 2.05) is 20.8 Å². The minimum absolute atomic E-state index is 0.00332. The molecule has 0 aromatic carbocycles. The second kappa shape index (κ2) is 19.3. The Hall–Kier alpha value is -3.56. The molecule has 2 fully saturated rings. The first-order valence-electron chi connectivity index (χ1n) is 17.8. The lowest BCUT2D eigenvalue weighted by molar-refractivity contribution is -0.143. The molecule has 284 valence electrons. The summed E-state index contributed by atoms with van der Waals surface area (Å²) in [4.78, 5) is 69.0. The lowest BCUT2D eigenvalue weighted by Gasteiger charge is -2.35. The Morgan fingerprint density at radius 3 is 2.29 bits per heavy atom. The average Bonchev–Trinajstić information content (AvgIpc) is 3.78. The molecule has 5 atom stereocenters. The van der Waals surface area contributed by atoms with Crippen LogP contribution in [0.1, 0.15) is 85.0 Å². The molecular formula is C36H56N6O7S2. The summed E-state index contributed by atoms with van der Waals surface area (Å²) in [5, 5.41) is 12.7. The second-order valence-electron chi connectivity index (χ2n) is 14.4. The first kappa shape index (κ1) is 41.9. The van der Waals surface area contributed by atoms with Crippen LogP contribution in [0.25, 0.3) is 0 Å². The van der Waals surface area contributed by atoms with E-state index in [1.54, 1.807) is 17.5 Å². The number of rotatable bonds is 11. The molecule has 0 radical (unpaired) electrons. The van der Waals surface area contributed by atoms with E-state index in [0.717, 1.165) is 43.4 Å². The van der Waals surface area contributed by atoms with Gasteiger partial charge in [-0.25, -0.2) is 13.2 Å². The first-order chi connectivity index (χ1) is 24.1. The number of urea groups is 1. The predicted molar refractivity (Wildman–Crippen MR) is 198 cm³/mol. The van der Waals surface area contributed by atoms with Crippen molar-refractivity contribution in [1.29, 1.82) is 0 Å². The summed E-state index contributed by atoms with van der Waals surface area (Å²) < 4.78 is 27.7. The van der Waals surface area contributed by atoms with Gasteiger partial charge in [-0.3, -0.25) is 19.2 Å². The molecule has 2 saturated heterocycles. The molecule has 0 saturated carbocycles. The highest BCUT2D eigenvalue weighted by Crippen LogP contribution is 2.28. The number of carbonyl (C=O) groups is 5. The smallest absolute Gasteiger partial charge is 0.315 e. The Morgan fingerprint density at radius 1 is 1.06 bits per heavy atom. The molecule has 13 nitrogen and oxygen atoms in total. The van der Waals surface area contributed by atoms with Crippen molar-refractivity contribution < 1.29 is 32.4 Å². The Labute approximate surface area is 307 Å². The Balaban J connectivity index is 1.84. The fourth-order valence-corrected chi connectivity index (χ4v) is 8.82. The Bertz CT molecular complexity index is 1490. The van der Waals surface area contributed by atoms with Crippen LogP contribution < -0.4 is 21.3 Å². The van der Waals surface area contributed by atoms with Crippen LogP contribution in [0, 0.1) is 11.3 Å². The van der Waals surface area contributed by atoms with Crippen LogP contribution in [0.15, 0.2) is 47.0 Å². The van der Waals surface area contributed by atoms with Gasteiger partial charge in [-0.15, -0.1) is 24.5 Å². The maximum Gasteiger partial charge on any atom is 0.315 e. The van der Waals surface area contributed by atoms with Gasteiger partial charge in [-0.05, 0) is 36.1 Å². The van der Waals surface area contributed by atoms with E-state index in [0.29, 0.717) is 25.7 Å². The Kier molecular flexibility index (Phi) is 15.9. The normalized spacial score (nSPS) is 23.4. The standard InChI is InChI=1S/C36H56N6O7S2/c1-7-21-37-33(45)31(43)26-17-14-12-10-9-11-13-15-18-27(34(46)42-22-20-25(8-2)30(42)32(44)38-26)39-35(47)40-28(36(3,4)5)24-41(6)51(48,49)29-19-16-23-50-29/h7-8,16,19,23,25-28,30H,1-2,9-15,17-18,20-22,24H2,3-6H3,(H,37,45)(H,38,44)(H2,39,40,47)/t25-,26-,27-,28?,30-/m0/s1. The van der Waals surface area contributed by atoms with Crippen molar-refractivity contribution in [2.45, 2.75) is 113 Å². The molecule has 3 rings (SSSR count). The van der Waals surface area contributed by atoms with Crippen molar-refractivity contribution in [2.75, 3.05) is 26.7 Å². The van der Waals surface area contributed by atoms with Gasteiger partial charge in [0.25, 0.3) is 15.9 Å². The lowest BCUT2D eigenvalue weighted by atomic mass is 9.86. The fraction of sp³-hybridized carbons (Fsp3) is 0.639. The average molecular weight is 749 g/mol. The quantitative estimate of drug-likeness (QED) is 0.197. The van der Waals surface area contributed by atoms with Gasteiger partial charge in [-0.1, -0.05) is 83.9 Å². The SMILES string of the molecule is C=CCNC(=O)C(=O)[C@@H]1CCCCCCCCC[C@H](NC(=O)NC(CN(C)S(=O)(=O)c2cccs2)C(C)(C)C)C(=O)N2CC[C@H](C=C)[C@H]2C(=O)N1. The van der Waals surface area contributed by atoms with Crippen LogP contribution in [-0.4, -0.2) is 98.0 Å². The van der Waals surface area contributed by atoms with E-state index in [9.17, 15) is 32.4 Å². The Morgan fingerprint density at radius 2 is 1.71 bits per heavy atom. The highest BCUT2D eigenvalue weighted by molar-refractivity contribution is 7.91. The van der Waals surface area contributed by atoms with E-state index in [2.05, 4.69) is 34.4 Å². The summed E-state index contributed by atoms with van der Waals surface area (Å²) in [7, 11) is -2.30. The third kappa shape index (κ3) is 11.7. The van der Waals surface area contributed by atoms with E-state index in [-0.39, 0.29) is 30.3 Å². The zero-order chi connectivity index (χ0) is 37.8. The molecule has 2 aliphatic rings. The summed E-state index contributed by atoms with van der Waals surface area (Å²) in [6.45, 7) is 13.5. The van der Waals surface area contributed by atoms with Crippen molar-refractivity contribution in [1.82, 2.24) is 30.5 Å². The summed E-state index contributed by atoms with van der Waals surface area (Å²) in [6, 6.07) is -1.06. The molecule has 1 aromatic rings. The van der Waals surface area contributed by atoms with E-state index in [4.69, 9.17) is 0 Å². The molecule has 15 heteroatoms. The third-order valence-electron chi connectivity index (χ3n) is 9.60. The number of Topliss-reactive ketones (excluding diaryl/α,β-unsaturated/α-hetero) is 1. The summed E-state index contributed by atoms with van der Waals surface area (Å²) in [6.07, 6.45) is 9.95. The number of ketones is 1. The number of carbonyl (C=O) groups excluding carboxylic acids is 5. The number of likely N-dealkylation sites (N-methyl/N-ethyl adjacent to an activating group) is 1. The van der Waals surface area contributed by atoms with Gasteiger partial charge in [0.2, 0.25) is 17.6 Å². The van der Waals surface area contributed by atoms with Gasteiger partial charge in [0, 0.05) is 38.6 Å². The molecular weight excluding hydrogens is 693 g/mol. The van der Waals surface area contributed by atoms with Crippen molar-refractivity contribution in [3.8, 4) is 0 Å². The van der Waals surface area contributed by atoms with Gasteiger partial charge in [0.15, 0.2) is 0 Å². The van der Waals surface area contributed by atoms with Crippen LogP contribution in [0.3, 0.4) is 0 Å². The van der Waals surface area contributed by atoms with E-state index in [1.165, 1.54) is 28.4 Å². The number of thiophene rings is 1. The fourth-order valence-electron chi connectivity index (χ4n) is 6.43. The number of hydrogen-bond acceptors (Lipinski definition) is 8. The highest BCUT2D eigenvalue weighted by Gasteiger charge is 2.44. The molecule has 5 amide bonds.